The third-order valence-electron chi connectivity index (χ3n) is 4.05. The second-order valence-corrected chi connectivity index (χ2v) is 6.17. The lowest BCUT2D eigenvalue weighted by atomic mass is 10.1. The van der Waals surface area contributed by atoms with Crippen molar-refractivity contribution < 1.29 is 33.3 Å². The molecule has 0 aromatic heterocycles. The topological polar surface area (TPSA) is 88.1 Å². The molecule has 0 unspecified atom stereocenters. The summed E-state index contributed by atoms with van der Waals surface area (Å²) in [6.45, 7) is 1.81. The van der Waals surface area contributed by atoms with Gasteiger partial charge in [-0.05, 0) is 49.4 Å². The average molecular weight is 384 g/mol. The molecule has 0 fully saturated rings. The Labute approximate surface area is 162 Å². The Balaban J connectivity index is 1.48. The van der Waals surface area contributed by atoms with Crippen LogP contribution >= 0.6 is 0 Å². The van der Waals surface area contributed by atoms with E-state index in [9.17, 15) is 14.4 Å². The monoisotopic (exact) mass is 384 g/mol. The van der Waals surface area contributed by atoms with Crippen molar-refractivity contribution in [2.24, 2.45) is 0 Å². The lowest BCUT2D eigenvalue weighted by molar-refractivity contribution is -0.144. The summed E-state index contributed by atoms with van der Waals surface area (Å²) in [7, 11) is 0. The number of ketones is 2. The summed E-state index contributed by atoms with van der Waals surface area (Å²) in [6, 6.07) is 11.3. The summed E-state index contributed by atoms with van der Waals surface area (Å²) in [4.78, 5) is 35.3. The number of Topliss-reactive ketones (excluding diaryl/α,β-unsaturated/α-hetero) is 2. The molecule has 1 aliphatic rings. The molecule has 0 aliphatic carbocycles. The Kier molecular flexibility index (Phi) is 6.26. The average Bonchev–Trinajstić information content (AvgIpc) is 2.95. The number of ether oxygens (including phenoxy) is 4. The van der Waals surface area contributed by atoms with E-state index in [-0.39, 0.29) is 18.2 Å². The van der Waals surface area contributed by atoms with E-state index in [0.717, 1.165) is 6.42 Å². The van der Waals surface area contributed by atoms with Gasteiger partial charge in [-0.1, -0.05) is 0 Å². The van der Waals surface area contributed by atoms with E-state index in [1.807, 2.05) is 0 Å². The smallest absolute Gasteiger partial charge is 0.344 e. The number of carbonyl (C=O) groups is 3. The molecule has 2 aromatic rings. The molecule has 146 valence electrons. The Morgan fingerprint density at radius 2 is 1.57 bits per heavy atom. The van der Waals surface area contributed by atoms with E-state index in [1.54, 1.807) is 42.5 Å². The molecule has 7 heteroatoms. The normalized spacial score (nSPS) is 12.6. The Bertz CT molecular complexity index is 871. The summed E-state index contributed by atoms with van der Waals surface area (Å²) in [6.07, 6.45) is 0.771. The van der Waals surface area contributed by atoms with E-state index in [4.69, 9.17) is 18.9 Å². The third-order valence-corrected chi connectivity index (χ3v) is 4.05. The van der Waals surface area contributed by atoms with E-state index in [2.05, 4.69) is 0 Å². The molecular weight excluding hydrogens is 364 g/mol. The summed E-state index contributed by atoms with van der Waals surface area (Å²) in [5.41, 5.74) is 0.924. The molecule has 1 heterocycles. The highest BCUT2D eigenvalue weighted by Crippen LogP contribution is 2.30. The van der Waals surface area contributed by atoms with Gasteiger partial charge in [-0.15, -0.1) is 0 Å². The van der Waals surface area contributed by atoms with E-state index >= 15 is 0 Å². The molecule has 0 amide bonds. The highest BCUT2D eigenvalue weighted by Gasteiger charge is 2.16. The van der Waals surface area contributed by atoms with Gasteiger partial charge in [0.1, 0.15) is 5.75 Å². The molecule has 28 heavy (non-hydrogen) atoms. The van der Waals surface area contributed by atoms with Crippen molar-refractivity contribution in [2.75, 3.05) is 26.4 Å². The first-order valence-electron chi connectivity index (χ1n) is 8.85. The van der Waals surface area contributed by atoms with E-state index < -0.39 is 12.6 Å². The van der Waals surface area contributed by atoms with Crippen molar-refractivity contribution in [1.82, 2.24) is 0 Å². The number of carbonyl (C=O) groups excluding carboxylic acids is 3. The molecule has 3 rings (SSSR count). The third kappa shape index (κ3) is 5.09. The SMILES string of the molecule is CC(=O)c1ccc(OCC(=O)OCC(=O)c2ccc3c(c2)OCCCO3)cc1. The van der Waals surface area contributed by atoms with E-state index in [0.29, 0.717) is 41.6 Å². The van der Waals surface area contributed by atoms with Crippen LogP contribution in [0.25, 0.3) is 0 Å². The van der Waals surface area contributed by atoms with Crippen molar-refractivity contribution in [3.8, 4) is 17.2 Å². The first-order chi connectivity index (χ1) is 13.5. The number of benzene rings is 2. The minimum absolute atomic E-state index is 0.0563. The van der Waals surface area contributed by atoms with Gasteiger partial charge in [0.15, 0.2) is 36.3 Å². The van der Waals surface area contributed by atoms with Gasteiger partial charge in [0.2, 0.25) is 0 Å². The molecule has 0 atom stereocenters. The fourth-order valence-electron chi connectivity index (χ4n) is 2.54. The second-order valence-electron chi connectivity index (χ2n) is 6.17. The summed E-state index contributed by atoms with van der Waals surface area (Å²) >= 11 is 0. The molecule has 2 aromatic carbocycles. The standard InChI is InChI=1S/C21H20O7/c1-14(22)15-3-6-17(7-4-15)27-13-21(24)28-12-18(23)16-5-8-19-20(11-16)26-10-2-9-25-19/h3-8,11H,2,9-10,12-13H2,1H3. The van der Waals surface area contributed by atoms with Gasteiger partial charge in [0.05, 0.1) is 13.2 Å². The Morgan fingerprint density at radius 3 is 2.29 bits per heavy atom. The minimum atomic E-state index is -0.668. The Hall–Kier alpha value is -3.35. The van der Waals surface area contributed by atoms with Gasteiger partial charge >= 0.3 is 5.97 Å². The fourth-order valence-corrected chi connectivity index (χ4v) is 2.54. The van der Waals surface area contributed by atoms with Crippen LogP contribution in [-0.4, -0.2) is 44.0 Å². The summed E-state index contributed by atoms with van der Waals surface area (Å²) < 4.78 is 21.3. The molecule has 0 radical (unpaired) electrons. The molecule has 0 N–H and O–H groups in total. The lowest BCUT2D eigenvalue weighted by Crippen LogP contribution is -2.19. The van der Waals surface area contributed by atoms with Crippen LogP contribution < -0.4 is 14.2 Å². The van der Waals surface area contributed by atoms with Gasteiger partial charge in [-0.25, -0.2) is 4.79 Å². The molecule has 0 saturated carbocycles. The second kappa shape index (κ2) is 9.03. The van der Waals surface area contributed by atoms with Crippen LogP contribution in [0.15, 0.2) is 42.5 Å². The maximum absolute atomic E-state index is 12.3. The number of rotatable bonds is 7. The number of esters is 1. The van der Waals surface area contributed by atoms with Crippen molar-refractivity contribution in [1.29, 1.82) is 0 Å². The van der Waals surface area contributed by atoms with Crippen molar-refractivity contribution in [3.63, 3.8) is 0 Å². The predicted molar refractivity (Wildman–Crippen MR) is 99.3 cm³/mol. The Morgan fingerprint density at radius 1 is 0.893 bits per heavy atom. The van der Waals surface area contributed by atoms with Crippen LogP contribution in [-0.2, 0) is 9.53 Å². The summed E-state index contributed by atoms with van der Waals surface area (Å²) in [5, 5.41) is 0. The number of hydrogen-bond donors (Lipinski definition) is 0. The zero-order valence-corrected chi connectivity index (χ0v) is 15.4. The maximum atomic E-state index is 12.3. The van der Waals surface area contributed by atoms with Crippen molar-refractivity contribution >= 4 is 17.5 Å². The van der Waals surface area contributed by atoms with Gasteiger partial charge in [0.25, 0.3) is 0 Å². The van der Waals surface area contributed by atoms with Crippen LogP contribution in [0.1, 0.15) is 34.1 Å². The van der Waals surface area contributed by atoms with Crippen LogP contribution in [0.2, 0.25) is 0 Å². The quantitative estimate of drug-likeness (QED) is 0.536. The van der Waals surface area contributed by atoms with Gasteiger partial charge in [-0.2, -0.15) is 0 Å². The summed E-state index contributed by atoms with van der Waals surface area (Å²) in [5.74, 6) is 0.450. The molecule has 0 bridgehead atoms. The van der Waals surface area contributed by atoms with Crippen LogP contribution in [0.4, 0.5) is 0 Å². The molecule has 0 spiro atoms. The lowest BCUT2D eigenvalue weighted by Gasteiger charge is -2.09. The van der Waals surface area contributed by atoms with Crippen molar-refractivity contribution in [2.45, 2.75) is 13.3 Å². The molecule has 1 aliphatic heterocycles. The van der Waals surface area contributed by atoms with Crippen LogP contribution in [0.5, 0.6) is 17.2 Å². The van der Waals surface area contributed by atoms with Crippen LogP contribution in [0.3, 0.4) is 0 Å². The number of hydrogen-bond acceptors (Lipinski definition) is 7. The zero-order valence-electron chi connectivity index (χ0n) is 15.4. The zero-order chi connectivity index (χ0) is 19.9. The highest BCUT2D eigenvalue weighted by molar-refractivity contribution is 5.98. The first-order valence-corrected chi connectivity index (χ1v) is 8.85. The fraction of sp³-hybridized carbons (Fsp3) is 0.286. The largest absolute Gasteiger partial charge is 0.490 e. The number of fused-ring (bicyclic) bond motifs is 1. The van der Waals surface area contributed by atoms with Gasteiger partial charge in [-0.3, -0.25) is 9.59 Å². The predicted octanol–water partition coefficient (Wildman–Crippen LogP) is 2.86. The van der Waals surface area contributed by atoms with Crippen molar-refractivity contribution in [3.05, 3.63) is 53.6 Å². The molecule has 7 nitrogen and oxygen atoms in total. The van der Waals surface area contributed by atoms with Crippen LogP contribution in [0, 0.1) is 0 Å². The molecule has 0 saturated heterocycles. The highest BCUT2D eigenvalue weighted by atomic mass is 16.6. The minimum Gasteiger partial charge on any atom is -0.490 e. The van der Waals surface area contributed by atoms with Gasteiger partial charge < -0.3 is 18.9 Å². The van der Waals surface area contributed by atoms with Gasteiger partial charge in [0, 0.05) is 17.5 Å². The first kappa shape index (κ1) is 19.4. The maximum Gasteiger partial charge on any atom is 0.344 e. The van der Waals surface area contributed by atoms with E-state index in [1.165, 1.54) is 6.92 Å². The molecular formula is C21H20O7.